The van der Waals surface area contributed by atoms with Gasteiger partial charge in [0.25, 0.3) is 11.7 Å². The number of tetrazole rings is 1. The minimum atomic E-state index is -0.467. The Labute approximate surface area is 88.1 Å². The fourth-order valence-electron chi connectivity index (χ4n) is 1.37. The number of nitrogens with zero attached hydrogens (tertiary/aromatic N) is 4. The summed E-state index contributed by atoms with van der Waals surface area (Å²) in [4.78, 5) is 15.7. The Hall–Kier alpha value is -2.57. The summed E-state index contributed by atoms with van der Waals surface area (Å²) in [5.74, 6) is 0.209. The number of hydrogen-bond acceptors (Lipinski definition) is 6. The molecular weight excluding hydrogens is 210 g/mol. The molecule has 0 saturated carbocycles. The van der Waals surface area contributed by atoms with Crippen LogP contribution in [0.25, 0.3) is 22.6 Å². The summed E-state index contributed by atoms with van der Waals surface area (Å²) >= 11 is 0. The van der Waals surface area contributed by atoms with Gasteiger partial charge < -0.3 is 4.42 Å². The minimum Gasteiger partial charge on any atom is -0.399 e. The third-order valence-corrected chi connectivity index (χ3v) is 2.07. The fourth-order valence-corrected chi connectivity index (χ4v) is 1.37. The fraction of sp³-hybridized carbons (Fsp3) is 0. The molecule has 78 valence electrons. The van der Waals surface area contributed by atoms with Crippen molar-refractivity contribution in [2.45, 2.75) is 0 Å². The Morgan fingerprint density at radius 1 is 1.25 bits per heavy atom. The van der Waals surface area contributed by atoms with Gasteiger partial charge >= 0.3 is 5.63 Å². The second kappa shape index (κ2) is 3.23. The van der Waals surface area contributed by atoms with E-state index in [1.54, 1.807) is 24.3 Å². The van der Waals surface area contributed by atoms with Crippen molar-refractivity contribution in [2.75, 3.05) is 0 Å². The van der Waals surface area contributed by atoms with Crippen molar-refractivity contribution in [2.24, 2.45) is 0 Å². The Morgan fingerprint density at radius 2 is 2.12 bits per heavy atom. The molecule has 16 heavy (non-hydrogen) atoms. The van der Waals surface area contributed by atoms with Crippen molar-refractivity contribution >= 4 is 10.9 Å². The summed E-state index contributed by atoms with van der Waals surface area (Å²) in [6, 6.07) is 6.90. The van der Waals surface area contributed by atoms with Crippen LogP contribution in [0.5, 0.6) is 0 Å². The molecule has 0 unspecified atom stereocenters. The summed E-state index contributed by atoms with van der Waals surface area (Å²) in [5.41, 5.74) is 0.0731. The largest absolute Gasteiger partial charge is 0.399 e. The van der Waals surface area contributed by atoms with E-state index in [1.165, 1.54) is 0 Å². The number of hydrogen-bond donors (Lipinski definition) is 1. The molecule has 0 fully saturated rings. The van der Waals surface area contributed by atoms with E-state index in [9.17, 15) is 4.79 Å². The third-order valence-electron chi connectivity index (χ3n) is 2.07. The van der Waals surface area contributed by atoms with Crippen LogP contribution in [-0.4, -0.2) is 25.6 Å². The highest BCUT2D eigenvalue weighted by molar-refractivity contribution is 5.77. The van der Waals surface area contributed by atoms with Gasteiger partial charge in [-0.25, -0.2) is 9.78 Å². The van der Waals surface area contributed by atoms with Gasteiger partial charge in [0, 0.05) is 0 Å². The van der Waals surface area contributed by atoms with Gasteiger partial charge in [0.1, 0.15) is 0 Å². The molecule has 0 aliphatic carbocycles. The van der Waals surface area contributed by atoms with Gasteiger partial charge in [-0.05, 0) is 17.3 Å². The molecule has 0 spiro atoms. The molecule has 0 saturated heterocycles. The topological polar surface area (TPSA) is 97.6 Å². The van der Waals surface area contributed by atoms with Crippen LogP contribution in [0.4, 0.5) is 0 Å². The van der Waals surface area contributed by atoms with E-state index in [1.807, 2.05) is 0 Å². The molecule has 0 atom stereocenters. The number of nitrogens with one attached hydrogen (secondary N) is 1. The first kappa shape index (κ1) is 8.72. The zero-order chi connectivity index (χ0) is 11.0. The van der Waals surface area contributed by atoms with Gasteiger partial charge in [-0.1, -0.05) is 12.1 Å². The van der Waals surface area contributed by atoms with E-state index in [-0.39, 0.29) is 11.7 Å². The average molecular weight is 215 g/mol. The highest BCUT2D eigenvalue weighted by Crippen LogP contribution is 2.12. The van der Waals surface area contributed by atoms with Crippen LogP contribution in [0.3, 0.4) is 0 Å². The maximum atomic E-state index is 11.6. The molecule has 1 aromatic carbocycles. The number of aromatic nitrogens is 5. The zero-order valence-electron chi connectivity index (χ0n) is 7.91. The molecule has 0 aliphatic rings. The van der Waals surface area contributed by atoms with Crippen molar-refractivity contribution in [3.05, 3.63) is 34.7 Å². The predicted molar refractivity (Wildman–Crippen MR) is 53.5 cm³/mol. The summed E-state index contributed by atoms with van der Waals surface area (Å²) in [7, 11) is 0. The van der Waals surface area contributed by atoms with Crippen LogP contribution in [0.1, 0.15) is 0 Å². The first-order valence-electron chi connectivity index (χ1n) is 4.48. The van der Waals surface area contributed by atoms with E-state index in [0.717, 1.165) is 0 Å². The zero-order valence-corrected chi connectivity index (χ0v) is 7.91. The number of para-hydroxylation sites is 1. The molecule has 0 bridgehead atoms. The third kappa shape index (κ3) is 1.26. The average Bonchev–Trinajstić information content (AvgIpc) is 2.82. The summed E-state index contributed by atoms with van der Waals surface area (Å²) < 4.78 is 4.98. The summed E-state index contributed by atoms with van der Waals surface area (Å²) in [6.07, 6.45) is 0. The molecule has 0 aliphatic heterocycles. The molecule has 0 radical (unpaired) electrons. The van der Waals surface area contributed by atoms with Gasteiger partial charge in [-0.2, -0.15) is 5.21 Å². The van der Waals surface area contributed by atoms with E-state index in [2.05, 4.69) is 25.6 Å². The predicted octanol–water partition coefficient (Wildman–Crippen LogP) is 0.368. The van der Waals surface area contributed by atoms with Crippen LogP contribution < -0.4 is 5.63 Å². The van der Waals surface area contributed by atoms with Crippen molar-refractivity contribution in [1.82, 2.24) is 25.6 Å². The lowest BCUT2D eigenvalue weighted by Gasteiger charge is -1.96. The first-order chi connectivity index (χ1) is 7.84. The molecule has 3 aromatic rings. The molecule has 2 aromatic heterocycles. The number of fused-ring (bicyclic) bond motifs is 1. The van der Waals surface area contributed by atoms with Gasteiger partial charge in [0.15, 0.2) is 0 Å². The quantitative estimate of drug-likeness (QED) is 0.629. The van der Waals surface area contributed by atoms with Crippen molar-refractivity contribution in [3.8, 4) is 11.7 Å². The number of H-pyrrole nitrogens is 1. The molecule has 1 N–H and O–H groups in total. The van der Waals surface area contributed by atoms with Crippen LogP contribution in [-0.2, 0) is 0 Å². The highest BCUT2D eigenvalue weighted by atomic mass is 16.4. The Bertz CT molecular complexity index is 688. The second-order valence-electron chi connectivity index (χ2n) is 3.06. The van der Waals surface area contributed by atoms with E-state index < -0.39 is 5.63 Å². The van der Waals surface area contributed by atoms with Crippen LogP contribution >= 0.6 is 0 Å². The van der Waals surface area contributed by atoms with Crippen molar-refractivity contribution < 1.29 is 4.42 Å². The monoisotopic (exact) mass is 215 g/mol. The lowest BCUT2D eigenvalue weighted by molar-refractivity contribution is 0.513. The van der Waals surface area contributed by atoms with Crippen LogP contribution in [0.15, 0.2) is 33.5 Å². The number of rotatable bonds is 1. The molecule has 7 heteroatoms. The maximum absolute atomic E-state index is 11.6. The number of aromatic amines is 1. The first-order valence-corrected chi connectivity index (χ1v) is 4.48. The molecule has 0 amide bonds. The second-order valence-corrected chi connectivity index (χ2v) is 3.06. The van der Waals surface area contributed by atoms with E-state index in [0.29, 0.717) is 10.9 Å². The highest BCUT2D eigenvalue weighted by Gasteiger charge is 2.11. The smallest absolute Gasteiger partial charge is 0.347 e. The summed E-state index contributed by atoms with van der Waals surface area (Å²) in [6.45, 7) is 0. The van der Waals surface area contributed by atoms with Gasteiger partial charge in [0.2, 0.25) is 0 Å². The Morgan fingerprint density at radius 3 is 2.94 bits per heavy atom. The SMILES string of the molecule is O=c1oc(-c2nn[nH]n2)nc2ccccc12. The number of benzene rings is 1. The standard InChI is InChI=1S/C9H5N5O2/c15-9-5-3-1-2-4-6(5)10-8(16-9)7-11-13-14-12-7/h1-4H,(H,11,12,13,14). The summed E-state index contributed by atoms with van der Waals surface area (Å²) in [5, 5.41) is 13.4. The lowest BCUT2D eigenvalue weighted by Crippen LogP contribution is -2.03. The molecule has 2 heterocycles. The normalized spacial score (nSPS) is 10.8. The molecule has 7 nitrogen and oxygen atoms in total. The molecular formula is C9H5N5O2. The van der Waals surface area contributed by atoms with Crippen molar-refractivity contribution in [1.29, 1.82) is 0 Å². The van der Waals surface area contributed by atoms with Crippen molar-refractivity contribution in [3.63, 3.8) is 0 Å². The van der Waals surface area contributed by atoms with E-state index >= 15 is 0 Å². The van der Waals surface area contributed by atoms with E-state index in [4.69, 9.17) is 4.42 Å². The van der Waals surface area contributed by atoms with Gasteiger partial charge in [-0.3, -0.25) is 0 Å². The van der Waals surface area contributed by atoms with Crippen LogP contribution in [0, 0.1) is 0 Å². The molecule has 3 rings (SSSR count). The maximum Gasteiger partial charge on any atom is 0.347 e. The lowest BCUT2D eigenvalue weighted by atomic mass is 10.2. The van der Waals surface area contributed by atoms with Gasteiger partial charge in [-0.15, -0.1) is 10.2 Å². The Kier molecular flexibility index (Phi) is 1.76. The minimum absolute atomic E-state index is 0.0532. The van der Waals surface area contributed by atoms with Crippen LogP contribution in [0.2, 0.25) is 0 Å². The van der Waals surface area contributed by atoms with Gasteiger partial charge in [0.05, 0.1) is 10.9 Å². The Balaban J connectivity index is 2.34.